The van der Waals surface area contributed by atoms with Crippen LogP contribution in [0, 0.1) is 6.92 Å². The molecule has 0 fully saturated rings. The summed E-state index contributed by atoms with van der Waals surface area (Å²) in [5.41, 5.74) is 10.4. The van der Waals surface area contributed by atoms with E-state index in [1.54, 1.807) is 0 Å². The first-order valence-electron chi connectivity index (χ1n) is 13.4. The molecule has 0 heteroatoms. The second kappa shape index (κ2) is 16.1. The Kier molecular flexibility index (Phi) is 17.3. The minimum Gasteiger partial charge on any atom is -0.0985 e. The van der Waals surface area contributed by atoms with Crippen molar-refractivity contribution in [2.75, 3.05) is 0 Å². The Hall–Kier alpha value is -1.82. The van der Waals surface area contributed by atoms with Crippen LogP contribution in [0.4, 0.5) is 0 Å². The van der Waals surface area contributed by atoms with E-state index in [4.69, 9.17) is 0 Å². The lowest BCUT2D eigenvalue weighted by Gasteiger charge is -2.24. The van der Waals surface area contributed by atoms with Gasteiger partial charge in [0.1, 0.15) is 0 Å². The summed E-state index contributed by atoms with van der Waals surface area (Å²) >= 11 is 0. The number of aryl methyl sites for hydroxylation is 1. The molecule has 0 aliphatic heterocycles. The third-order valence-corrected chi connectivity index (χ3v) is 6.28. The molecule has 36 heavy (non-hydrogen) atoms. The lowest BCUT2D eigenvalue weighted by molar-refractivity contribution is 0.587. The summed E-state index contributed by atoms with van der Waals surface area (Å²) in [5, 5.41) is 0. The summed E-state index contributed by atoms with van der Waals surface area (Å²) in [7, 11) is 0. The molecule has 0 nitrogen and oxygen atoms in total. The van der Waals surface area contributed by atoms with Gasteiger partial charge in [0.05, 0.1) is 0 Å². The molecule has 2 aromatic carbocycles. The van der Waals surface area contributed by atoms with Gasteiger partial charge in [0.2, 0.25) is 0 Å². The Morgan fingerprint density at radius 3 is 1.42 bits per heavy atom. The SMILES string of the molecule is C.C.C=Cc1cc(C(C)C)c(C)cc1C(C)(C)C.CC.CC(C)c1ccc(C(C)(C)C)cc1C(C)C. The van der Waals surface area contributed by atoms with Crippen molar-refractivity contribution in [3.63, 3.8) is 0 Å². The van der Waals surface area contributed by atoms with Gasteiger partial charge in [-0.25, -0.2) is 0 Å². The van der Waals surface area contributed by atoms with E-state index < -0.39 is 0 Å². The van der Waals surface area contributed by atoms with Crippen molar-refractivity contribution in [1.82, 2.24) is 0 Å². The number of hydrogen-bond donors (Lipinski definition) is 0. The van der Waals surface area contributed by atoms with Gasteiger partial charge in [0, 0.05) is 0 Å². The van der Waals surface area contributed by atoms with E-state index in [0.717, 1.165) is 0 Å². The topological polar surface area (TPSA) is 0 Å². The predicted octanol–water partition coefficient (Wildman–Crippen LogP) is 12.6. The van der Waals surface area contributed by atoms with Gasteiger partial charge in [-0.05, 0) is 74.5 Å². The highest BCUT2D eigenvalue weighted by Gasteiger charge is 2.19. The molecular formula is C36H64. The van der Waals surface area contributed by atoms with Gasteiger partial charge in [-0.1, -0.05) is 155 Å². The maximum absolute atomic E-state index is 3.94. The average molecular weight is 497 g/mol. The molecule has 0 spiro atoms. The molecule has 0 aromatic heterocycles. The zero-order chi connectivity index (χ0) is 27.0. The highest BCUT2D eigenvalue weighted by molar-refractivity contribution is 5.57. The standard InChI is InChI=1S/C16H26.C16H24.C2H6.2CH4/c1-11(2)14-9-8-13(16(5,6)7)10-15(14)12(3)4;1-8-13-10-14(11(2)3)12(4)9-15(13)16(5,6)7;1-2;;/h8-12H,1-7H3;8-11H,1H2,2-7H3;1-2H3;2*1H4. The third kappa shape index (κ3) is 11.1. The molecule has 0 heterocycles. The Morgan fingerprint density at radius 2 is 1.08 bits per heavy atom. The monoisotopic (exact) mass is 497 g/mol. The molecule has 0 N–H and O–H groups in total. The van der Waals surface area contributed by atoms with Gasteiger partial charge >= 0.3 is 0 Å². The molecule has 0 aliphatic carbocycles. The Balaban J connectivity index is -0.000000538. The lowest BCUT2D eigenvalue weighted by atomic mass is 9.80. The maximum atomic E-state index is 3.94. The Labute approximate surface area is 229 Å². The van der Waals surface area contributed by atoms with Gasteiger partial charge in [0.15, 0.2) is 0 Å². The fourth-order valence-corrected chi connectivity index (χ4v) is 4.25. The van der Waals surface area contributed by atoms with Crippen molar-refractivity contribution in [2.45, 2.75) is 147 Å². The number of rotatable bonds is 4. The minimum absolute atomic E-state index is 0. The van der Waals surface area contributed by atoms with E-state index in [2.05, 4.69) is 127 Å². The molecule has 2 aromatic rings. The van der Waals surface area contributed by atoms with Crippen LogP contribution in [0.25, 0.3) is 6.08 Å². The molecule has 2 rings (SSSR count). The van der Waals surface area contributed by atoms with Crippen molar-refractivity contribution in [2.24, 2.45) is 0 Å². The number of hydrogen-bond acceptors (Lipinski definition) is 0. The second-order valence-corrected chi connectivity index (χ2v) is 12.3. The molecule has 0 atom stereocenters. The van der Waals surface area contributed by atoms with Gasteiger partial charge in [-0.15, -0.1) is 0 Å². The van der Waals surface area contributed by atoms with Gasteiger partial charge < -0.3 is 0 Å². The van der Waals surface area contributed by atoms with E-state index in [-0.39, 0.29) is 25.7 Å². The highest BCUT2D eigenvalue weighted by atomic mass is 14.2. The average Bonchev–Trinajstić information content (AvgIpc) is 2.73. The summed E-state index contributed by atoms with van der Waals surface area (Å²) in [6.45, 7) is 37.3. The molecule has 0 aliphatic rings. The van der Waals surface area contributed by atoms with E-state index >= 15 is 0 Å². The highest BCUT2D eigenvalue weighted by Crippen LogP contribution is 2.32. The molecular weight excluding hydrogens is 432 g/mol. The quantitative estimate of drug-likeness (QED) is 0.395. The minimum atomic E-state index is 0. The van der Waals surface area contributed by atoms with Crippen LogP contribution >= 0.6 is 0 Å². The van der Waals surface area contributed by atoms with Crippen LogP contribution in [0.5, 0.6) is 0 Å². The van der Waals surface area contributed by atoms with Crippen molar-refractivity contribution in [1.29, 1.82) is 0 Å². The van der Waals surface area contributed by atoms with Crippen molar-refractivity contribution in [3.05, 3.63) is 75.9 Å². The first kappa shape index (κ1) is 38.7. The zero-order valence-electron chi connectivity index (χ0n) is 25.4. The molecule has 0 bridgehead atoms. The van der Waals surface area contributed by atoms with Crippen molar-refractivity contribution >= 4 is 6.08 Å². The summed E-state index contributed by atoms with van der Waals surface area (Å²) in [6.07, 6.45) is 1.98. The van der Waals surface area contributed by atoms with Gasteiger partial charge in [-0.3, -0.25) is 0 Å². The molecule has 0 unspecified atom stereocenters. The van der Waals surface area contributed by atoms with Crippen molar-refractivity contribution in [3.8, 4) is 0 Å². The summed E-state index contributed by atoms with van der Waals surface area (Å²) < 4.78 is 0. The third-order valence-electron chi connectivity index (χ3n) is 6.28. The van der Waals surface area contributed by atoms with Crippen LogP contribution in [0.3, 0.4) is 0 Å². The van der Waals surface area contributed by atoms with Gasteiger partial charge in [-0.2, -0.15) is 0 Å². The molecule has 0 saturated heterocycles. The summed E-state index contributed by atoms with van der Waals surface area (Å²) in [6, 6.07) is 11.6. The Morgan fingerprint density at radius 1 is 0.639 bits per heavy atom. The van der Waals surface area contributed by atoms with E-state index in [1.165, 1.54) is 38.9 Å². The molecule has 0 radical (unpaired) electrons. The van der Waals surface area contributed by atoms with Crippen LogP contribution in [-0.2, 0) is 10.8 Å². The van der Waals surface area contributed by atoms with Crippen LogP contribution in [0.15, 0.2) is 36.9 Å². The van der Waals surface area contributed by atoms with Crippen LogP contribution < -0.4 is 0 Å². The van der Waals surface area contributed by atoms with Crippen LogP contribution in [-0.4, -0.2) is 0 Å². The maximum Gasteiger partial charge on any atom is -0.0126 e. The summed E-state index contributed by atoms with van der Waals surface area (Å²) in [4.78, 5) is 0. The van der Waals surface area contributed by atoms with Crippen LogP contribution in [0.2, 0.25) is 0 Å². The lowest BCUT2D eigenvalue weighted by Crippen LogP contribution is -2.14. The van der Waals surface area contributed by atoms with E-state index in [1.807, 2.05) is 19.9 Å². The first-order chi connectivity index (χ1) is 15.5. The van der Waals surface area contributed by atoms with Crippen LogP contribution in [0.1, 0.15) is 168 Å². The van der Waals surface area contributed by atoms with Crippen molar-refractivity contribution < 1.29 is 0 Å². The van der Waals surface area contributed by atoms with Gasteiger partial charge in [0.25, 0.3) is 0 Å². The van der Waals surface area contributed by atoms with E-state index in [0.29, 0.717) is 17.8 Å². The largest absolute Gasteiger partial charge is 0.0985 e. The smallest absolute Gasteiger partial charge is 0.0126 e. The fourth-order valence-electron chi connectivity index (χ4n) is 4.25. The molecule has 208 valence electrons. The fraction of sp³-hybridized carbons (Fsp3) is 0.611. The normalized spacial score (nSPS) is 11.1. The second-order valence-electron chi connectivity index (χ2n) is 12.3. The van der Waals surface area contributed by atoms with E-state index in [9.17, 15) is 0 Å². The summed E-state index contributed by atoms with van der Waals surface area (Å²) in [5.74, 6) is 1.80. The Bertz CT molecular complexity index is 893. The predicted molar refractivity (Wildman–Crippen MR) is 172 cm³/mol. The molecule has 0 saturated carbocycles. The zero-order valence-corrected chi connectivity index (χ0v) is 25.4. The number of benzene rings is 2. The first-order valence-corrected chi connectivity index (χ1v) is 13.4. The molecule has 0 amide bonds.